The summed E-state index contributed by atoms with van der Waals surface area (Å²) in [6.07, 6.45) is 1.89. The molecule has 0 saturated carbocycles. The maximum absolute atomic E-state index is 13.2. The molecule has 7 heteroatoms. The predicted molar refractivity (Wildman–Crippen MR) is 154 cm³/mol. The van der Waals surface area contributed by atoms with Crippen LogP contribution in [0.4, 0.5) is 5.13 Å². The highest BCUT2D eigenvalue weighted by molar-refractivity contribution is 7.14. The Morgan fingerprint density at radius 2 is 1.69 bits per heavy atom. The van der Waals surface area contributed by atoms with Gasteiger partial charge < -0.3 is 4.74 Å². The molecule has 1 unspecified atom stereocenters. The van der Waals surface area contributed by atoms with E-state index in [-0.39, 0.29) is 16.7 Å². The van der Waals surface area contributed by atoms with Gasteiger partial charge in [0.15, 0.2) is 11.2 Å². The number of nitrogens with zero attached hydrogens (tertiary/aromatic N) is 1. The Bertz CT molecular complexity index is 1220. The first-order valence-electron chi connectivity index (χ1n) is 12.4. The number of anilines is 1. The average Bonchev–Trinajstić information content (AvgIpc) is 3.32. The van der Waals surface area contributed by atoms with Gasteiger partial charge in [0.2, 0.25) is 0 Å². The van der Waals surface area contributed by atoms with Gasteiger partial charge in [0.05, 0.1) is 15.7 Å². The van der Waals surface area contributed by atoms with Gasteiger partial charge in [-0.2, -0.15) is 0 Å². The molecule has 1 aromatic heterocycles. The third kappa shape index (κ3) is 6.42. The van der Waals surface area contributed by atoms with E-state index in [0.717, 1.165) is 35.4 Å². The molecule has 1 N–H and O–H groups in total. The lowest BCUT2D eigenvalue weighted by Gasteiger charge is -2.31. The fraction of sp³-hybridized carbons (Fsp3) is 0.448. The normalized spacial score (nSPS) is 12.9. The summed E-state index contributed by atoms with van der Waals surface area (Å²) in [4.78, 5) is 17.7. The molecular formula is C29H36Cl2N2O2S. The molecule has 0 bridgehead atoms. The van der Waals surface area contributed by atoms with Crippen molar-refractivity contribution in [3.8, 4) is 17.0 Å². The molecule has 0 aliphatic heterocycles. The number of halogens is 2. The van der Waals surface area contributed by atoms with Gasteiger partial charge in [0.25, 0.3) is 5.91 Å². The fourth-order valence-corrected chi connectivity index (χ4v) is 4.78. The Morgan fingerprint density at radius 3 is 2.31 bits per heavy atom. The number of amides is 1. The molecule has 1 amide bonds. The average molecular weight is 548 g/mol. The Labute approximate surface area is 229 Å². The molecule has 36 heavy (non-hydrogen) atoms. The van der Waals surface area contributed by atoms with Gasteiger partial charge in [-0.3, -0.25) is 10.1 Å². The van der Waals surface area contributed by atoms with Crippen LogP contribution in [0.25, 0.3) is 11.3 Å². The van der Waals surface area contributed by atoms with E-state index in [1.54, 1.807) is 12.1 Å². The summed E-state index contributed by atoms with van der Waals surface area (Å²) in [5.41, 5.74) is 3.95. The lowest BCUT2D eigenvalue weighted by atomic mass is 9.76. The zero-order valence-electron chi connectivity index (χ0n) is 22.2. The summed E-state index contributed by atoms with van der Waals surface area (Å²) in [6, 6.07) is 11.8. The number of hydrogen-bond acceptors (Lipinski definition) is 4. The maximum atomic E-state index is 13.2. The van der Waals surface area contributed by atoms with Gasteiger partial charge in [0, 0.05) is 16.5 Å². The van der Waals surface area contributed by atoms with Crippen molar-refractivity contribution in [1.29, 1.82) is 0 Å². The number of carbonyl (C=O) groups excluding carboxylic acids is 1. The highest BCUT2D eigenvalue weighted by atomic mass is 35.5. The van der Waals surface area contributed by atoms with E-state index in [1.165, 1.54) is 16.9 Å². The van der Waals surface area contributed by atoms with Crippen LogP contribution in [0.5, 0.6) is 5.75 Å². The van der Waals surface area contributed by atoms with Gasteiger partial charge in [0.1, 0.15) is 5.75 Å². The molecule has 194 valence electrons. The summed E-state index contributed by atoms with van der Waals surface area (Å²) in [5, 5.41) is 6.28. The van der Waals surface area contributed by atoms with Crippen molar-refractivity contribution in [3.63, 3.8) is 0 Å². The topological polar surface area (TPSA) is 51.2 Å². The van der Waals surface area contributed by atoms with Crippen LogP contribution in [0.15, 0.2) is 41.8 Å². The zero-order valence-corrected chi connectivity index (χ0v) is 24.5. The molecule has 4 nitrogen and oxygen atoms in total. The van der Waals surface area contributed by atoms with Crippen LogP contribution in [0.3, 0.4) is 0 Å². The molecular weight excluding hydrogens is 511 g/mol. The molecule has 1 atom stereocenters. The van der Waals surface area contributed by atoms with Gasteiger partial charge in [-0.1, -0.05) is 89.9 Å². The summed E-state index contributed by atoms with van der Waals surface area (Å²) in [5.74, 6) is 0.542. The van der Waals surface area contributed by atoms with Crippen molar-refractivity contribution >= 4 is 45.6 Å². The molecule has 0 spiro atoms. The van der Waals surface area contributed by atoms with Crippen molar-refractivity contribution in [3.05, 3.63) is 63.0 Å². The largest absolute Gasteiger partial charge is 0.480 e. The molecule has 1 heterocycles. The summed E-state index contributed by atoms with van der Waals surface area (Å²) < 4.78 is 6.37. The van der Waals surface area contributed by atoms with E-state index in [1.807, 2.05) is 24.4 Å². The van der Waals surface area contributed by atoms with E-state index in [2.05, 4.69) is 64.0 Å². The maximum Gasteiger partial charge on any atom is 0.267 e. The number of thiazole rings is 1. The van der Waals surface area contributed by atoms with Crippen LogP contribution in [-0.2, 0) is 15.6 Å². The zero-order chi connectivity index (χ0) is 26.7. The smallest absolute Gasteiger partial charge is 0.267 e. The predicted octanol–water partition coefficient (Wildman–Crippen LogP) is 9.29. The minimum atomic E-state index is -0.640. The third-order valence-electron chi connectivity index (χ3n) is 7.14. The first-order valence-corrected chi connectivity index (χ1v) is 14.1. The van der Waals surface area contributed by atoms with Gasteiger partial charge in [-0.05, 0) is 53.9 Å². The van der Waals surface area contributed by atoms with Crippen molar-refractivity contribution in [1.82, 2.24) is 4.98 Å². The lowest BCUT2D eigenvalue weighted by molar-refractivity contribution is -0.122. The Kier molecular flexibility index (Phi) is 9.13. The van der Waals surface area contributed by atoms with E-state index in [4.69, 9.17) is 27.9 Å². The quantitative estimate of drug-likeness (QED) is 0.275. The number of rotatable bonds is 10. The number of carbonyl (C=O) groups is 1. The Hall–Kier alpha value is -2.08. The van der Waals surface area contributed by atoms with Crippen molar-refractivity contribution in [2.24, 2.45) is 0 Å². The highest BCUT2D eigenvalue weighted by Crippen LogP contribution is 2.39. The van der Waals surface area contributed by atoms with Crippen LogP contribution in [-0.4, -0.2) is 17.0 Å². The number of benzene rings is 2. The van der Waals surface area contributed by atoms with Crippen LogP contribution in [0, 0.1) is 0 Å². The minimum absolute atomic E-state index is 0.0650. The first-order chi connectivity index (χ1) is 16.9. The Balaban J connectivity index is 1.82. The SMILES string of the molecule is CCC(Oc1ccc(C(C)(C)CC)cc1C(C)(C)CC)C(=O)Nc1nc(-c2ccc(Cl)c(Cl)c2)cs1. The van der Waals surface area contributed by atoms with Gasteiger partial charge >= 0.3 is 0 Å². The molecule has 2 aromatic carbocycles. The van der Waals surface area contributed by atoms with Crippen LogP contribution < -0.4 is 10.1 Å². The minimum Gasteiger partial charge on any atom is -0.480 e. The van der Waals surface area contributed by atoms with Crippen molar-refractivity contribution in [2.45, 2.75) is 84.7 Å². The van der Waals surface area contributed by atoms with E-state index in [9.17, 15) is 4.79 Å². The number of hydrogen-bond donors (Lipinski definition) is 1. The van der Waals surface area contributed by atoms with Gasteiger partial charge in [-0.15, -0.1) is 11.3 Å². The summed E-state index contributed by atoms with van der Waals surface area (Å²) in [6.45, 7) is 15.3. The van der Waals surface area contributed by atoms with E-state index >= 15 is 0 Å². The molecule has 0 fully saturated rings. The number of aromatic nitrogens is 1. The molecule has 3 rings (SSSR count). The highest BCUT2D eigenvalue weighted by Gasteiger charge is 2.29. The first kappa shape index (κ1) is 28.5. The summed E-state index contributed by atoms with van der Waals surface area (Å²) in [7, 11) is 0. The molecule has 0 aliphatic carbocycles. The lowest BCUT2D eigenvalue weighted by Crippen LogP contribution is -2.33. The van der Waals surface area contributed by atoms with Gasteiger partial charge in [-0.25, -0.2) is 4.98 Å². The van der Waals surface area contributed by atoms with E-state index in [0.29, 0.717) is 21.6 Å². The van der Waals surface area contributed by atoms with Crippen molar-refractivity contribution in [2.75, 3.05) is 5.32 Å². The second kappa shape index (κ2) is 11.5. The number of ether oxygens (including phenoxy) is 1. The molecule has 0 aliphatic rings. The fourth-order valence-electron chi connectivity index (χ4n) is 3.76. The van der Waals surface area contributed by atoms with Crippen molar-refractivity contribution < 1.29 is 9.53 Å². The monoisotopic (exact) mass is 546 g/mol. The number of nitrogens with one attached hydrogen (secondary N) is 1. The van der Waals surface area contributed by atoms with Crippen LogP contribution >= 0.6 is 34.5 Å². The third-order valence-corrected chi connectivity index (χ3v) is 8.64. The standard InChI is InChI=1S/C29H36Cl2N2O2S/c1-8-24(26(34)33-27-32-23(17-36-27)18-11-13-21(30)22(31)15-18)35-25-14-12-19(28(4,5)9-2)16-20(25)29(6,7)10-3/h11-17,24H,8-10H2,1-7H3,(H,32,33,34). The molecule has 0 radical (unpaired) electrons. The van der Waals surface area contributed by atoms with Crippen LogP contribution in [0.1, 0.15) is 78.9 Å². The molecule has 3 aromatic rings. The Morgan fingerprint density at radius 1 is 1.00 bits per heavy atom. The van der Waals surface area contributed by atoms with E-state index < -0.39 is 6.10 Å². The molecule has 0 saturated heterocycles. The summed E-state index contributed by atoms with van der Waals surface area (Å²) >= 11 is 13.5. The second-order valence-corrected chi connectivity index (χ2v) is 12.0. The van der Waals surface area contributed by atoms with Crippen LogP contribution in [0.2, 0.25) is 10.0 Å². The second-order valence-electron chi connectivity index (χ2n) is 10.4.